The first-order chi connectivity index (χ1) is 15.7. The molecule has 0 aromatic heterocycles. The average Bonchev–Trinajstić information content (AvgIpc) is 2.72. The first-order valence-corrected chi connectivity index (χ1v) is 10.5. The molecule has 0 aliphatic carbocycles. The summed E-state index contributed by atoms with van der Waals surface area (Å²) in [5.74, 6) is 0. The van der Waals surface area contributed by atoms with Crippen molar-refractivity contribution < 1.29 is 16.4 Å². The van der Waals surface area contributed by atoms with Gasteiger partial charge in [-0.3, -0.25) is 0 Å². The summed E-state index contributed by atoms with van der Waals surface area (Å²) in [4.78, 5) is 1.60. The standard InChI is InChI=1S/C20H26N2Si/c1-23(2,19-9-3-7-17(15-19)21-11-5-12-21)20-10-4-8-18(16-20)22-13-6-14-22/h3-4,7-10,15-16H,5-6,11-14H2,1-2H3/i5D2,6D2,11D2,12D2,13D2,14D2. The molecular weight excluding hydrogens is 296 g/mol. The molecular formula is C20H26N2Si. The molecule has 0 atom stereocenters. The van der Waals surface area contributed by atoms with Crippen molar-refractivity contribution in [1.29, 1.82) is 0 Å². The highest BCUT2D eigenvalue weighted by Gasteiger charge is 2.28. The summed E-state index contributed by atoms with van der Waals surface area (Å²) < 4.78 is 96.2. The molecule has 0 amide bonds. The molecule has 0 radical (unpaired) electrons. The molecule has 2 fully saturated rings. The average molecular weight is 335 g/mol. The lowest BCUT2D eigenvalue weighted by molar-refractivity contribution is 0.618. The molecule has 4 rings (SSSR count). The number of anilines is 2. The molecule has 2 aliphatic heterocycles. The summed E-state index contributed by atoms with van der Waals surface area (Å²) in [7, 11) is -2.57. The van der Waals surface area contributed by atoms with Gasteiger partial charge in [-0.25, -0.2) is 0 Å². The number of rotatable bonds is 4. The van der Waals surface area contributed by atoms with Gasteiger partial charge < -0.3 is 9.80 Å². The third-order valence-corrected chi connectivity index (χ3v) is 7.83. The number of benzene rings is 2. The second-order valence-corrected chi connectivity index (χ2v) is 10.5. The maximum atomic E-state index is 8.10. The van der Waals surface area contributed by atoms with Crippen LogP contribution in [0.4, 0.5) is 11.4 Å². The zero-order valence-electron chi connectivity index (χ0n) is 25.0. The minimum atomic E-state index is -2.70. The van der Waals surface area contributed by atoms with Gasteiger partial charge in [-0.15, -0.1) is 0 Å². The lowest BCUT2D eigenvalue weighted by atomic mass is 10.2. The summed E-state index contributed by atoms with van der Waals surface area (Å²) in [6.07, 6.45) is -5.39. The molecule has 0 bridgehead atoms. The van der Waals surface area contributed by atoms with Crippen LogP contribution >= 0.6 is 0 Å². The van der Waals surface area contributed by atoms with Crippen molar-refractivity contribution in [3.63, 3.8) is 0 Å². The molecule has 23 heavy (non-hydrogen) atoms. The van der Waals surface area contributed by atoms with Crippen molar-refractivity contribution in [2.24, 2.45) is 0 Å². The third kappa shape index (κ3) is 2.67. The maximum Gasteiger partial charge on any atom is 0.112 e. The Morgan fingerprint density at radius 1 is 0.783 bits per heavy atom. The van der Waals surface area contributed by atoms with Crippen LogP contribution in [0.25, 0.3) is 0 Å². The van der Waals surface area contributed by atoms with E-state index in [1.54, 1.807) is 24.3 Å². The van der Waals surface area contributed by atoms with Gasteiger partial charge >= 0.3 is 0 Å². The Morgan fingerprint density at radius 2 is 1.22 bits per heavy atom. The van der Waals surface area contributed by atoms with Crippen LogP contribution in [0.5, 0.6) is 0 Å². The van der Waals surface area contributed by atoms with Crippen LogP contribution in [0.3, 0.4) is 0 Å². The molecule has 2 aromatic rings. The molecule has 120 valence electrons. The van der Waals surface area contributed by atoms with Gasteiger partial charge in [0.2, 0.25) is 0 Å². The van der Waals surface area contributed by atoms with Gasteiger partial charge in [0.25, 0.3) is 0 Å². The quantitative estimate of drug-likeness (QED) is 0.793. The topological polar surface area (TPSA) is 6.48 Å². The maximum absolute atomic E-state index is 8.10. The van der Waals surface area contributed by atoms with E-state index < -0.39 is 46.8 Å². The van der Waals surface area contributed by atoms with E-state index in [0.717, 1.165) is 20.2 Å². The highest BCUT2D eigenvalue weighted by atomic mass is 28.3. The SMILES string of the molecule is [2H]C1([2H])N(c2cccc([Si](C)(C)c3cccc(N4C([2H])([2H])C([2H])([2H])C4([2H])[2H])c3)c2)C([2H])([2H])C1([2H])[2H]. The largest absolute Gasteiger partial charge is 0.371 e. The van der Waals surface area contributed by atoms with Gasteiger partial charge in [0.05, 0.1) is 0 Å². The Kier molecular flexibility index (Phi) is 1.65. The van der Waals surface area contributed by atoms with Crippen LogP contribution in [-0.4, -0.2) is 34.1 Å². The minimum Gasteiger partial charge on any atom is -0.371 e. The molecule has 2 nitrogen and oxygen atoms in total. The Hall–Kier alpha value is -1.74. The lowest BCUT2D eigenvalue weighted by Gasteiger charge is -2.35. The Bertz CT molecular complexity index is 1050. The van der Waals surface area contributed by atoms with Crippen LogP contribution in [0.2, 0.25) is 13.1 Å². The molecule has 2 aromatic carbocycles. The number of hydrogen-bond acceptors (Lipinski definition) is 2. The van der Waals surface area contributed by atoms with Gasteiger partial charge in [-0.2, -0.15) is 0 Å². The van der Waals surface area contributed by atoms with Gasteiger partial charge in [-0.05, 0) is 37.0 Å². The van der Waals surface area contributed by atoms with Crippen LogP contribution in [0.1, 0.15) is 29.2 Å². The first kappa shape index (κ1) is 6.64. The fourth-order valence-electron chi connectivity index (χ4n) is 2.72. The second-order valence-electron chi connectivity index (χ2n) is 6.09. The molecule has 0 saturated carbocycles. The van der Waals surface area contributed by atoms with Gasteiger partial charge in [-0.1, -0.05) is 47.7 Å². The fourth-order valence-corrected chi connectivity index (χ4v) is 5.09. The molecule has 0 N–H and O–H groups in total. The van der Waals surface area contributed by atoms with E-state index in [1.165, 1.54) is 12.1 Å². The smallest absolute Gasteiger partial charge is 0.112 e. The van der Waals surface area contributed by atoms with Crippen LogP contribution < -0.4 is 20.2 Å². The predicted molar refractivity (Wildman–Crippen MR) is 103 cm³/mol. The van der Waals surface area contributed by atoms with E-state index in [9.17, 15) is 0 Å². The Morgan fingerprint density at radius 3 is 1.65 bits per heavy atom. The van der Waals surface area contributed by atoms with Crippen LogP contribution in [-0.2, 0) is 0 Å². The van der Waals surface area contributed by atoms with E-state index in [4.69, 9.17) is 16.4 Å². The predicted octanol–water partition coefficient (Wildman–Crippen LogP) is 2.93. The van der Waals surface area contributed by atoms with Crippen LogP contribution in [0.15, 0.2) is 48.5 Å². The zero-order chi connectivity index (χ0) is 26.6. The summed E-state index contributed by atoms with van der Waals surface area (Å²) in [6.45, 7) is -6.21. The molecule has 0 spiro atoms. The van der Waals surface area contributed by atoms with Crippen molar-refractivity contribution in [1.82, 2.24) is 0 Å². The number of hydrogen-bond donors (Lipinski definition) is 0. The van der Waals surface area contributed by atoms with E-state index >= 15 is 0 Å². The third-order valence-electron chi connectivity index (χ3n) is 4.32. The molecule has 0 unspecified atom stereocenters. The first-order valence-electron chi connectivity index (χ1n) is 13.5. The summed E-state index contributed by atoms with van der Waals surface area (Å²) in [5, 5.41) is 1.58. The van der Waals surface area contributed by atoms with Crippen molar-refractivity contribution >= 4 is 29.8 Å². The highest BCUT2D eigenvalue weighted by Crippen LogP contribution is 2.22. The Labute approximate surface area is 157 Å². The fraction of sp³-hybridized carbons (Fsp3) is 0.400. The minimum absolute atomic E-state index is 0.202. The normalized spacial score (nSPS) is 38.5. The second kappa shape index (κ2) is 5.71. The van der Waals surface area contributed by atoms with E-state index in [2.05, 4.69) is 0 Å². The van der Waals surface area contributed by atoms with Crippen molar-refractivity contribution in [3.8, 4) is 0 Å². The van der Waals surface area contributed by atoms with Crippen molar-refractivity contribution in [2.75, 3.05) is 35.8 Å². The molecule has 3 heteroatoms. The van der Waals surface area contributed by atoms with Crippen molar-refractivity contribution in [3.05, 3.63) is 48.5 Å². The Balaban J connectivity index is 1.73. The van der Waals surface area contributed by atoms with E-state index in [1.807, 2.05) is 25.2 Å². The van der Waals surface area contributed by atoms with E-state index in [0.29, 0.717) is 0 Å². The van der Waals surface area contributed by atoms with Crippen molar-refractivity contribution in [2.45, 2.75) is 25.8 Å². The molecule has 2 saturated heterocycles. The van der Waals surface area contributed by atoms with Gasteiger partial charge in [0.1, 0.15) is 8.07 Å². The zero-order valence-corrected chi connectivity index (χ0v) is 14.0. The van der Waals surface area contributed by atoms with Gasteiger partial charge in [0.15, 0.2) is 0 Å². The highest BCUT2D eigenvalue weighted by molar-refractivity contribution is 7.00. The molecule has 2 heterocycles. The van der Waals surface area contributed by atoms with Gasteiger partial charge in [0, 0.05) is 53.8 Å². The lowest BCUT2D eigenvalue weighted by Crippen LogP contribution is -2.53. The summed E-state index contributed by atoms with van der Waals surface area (Å²) in [6, 6.07) is 13.3. The monoisotopic (exact) mass is 334 g/mol. The van der Waals surface area contributed by atoms with E-state index in [-0.39, 0.29) is 11.4 Å². The number of nitrogens with zero attached hydrogens (tertiary/aromatic N) is 2. The summed E-state index contributed by atoms with van der Waals surface area (Å²) >= 11 is 0. The summed E-state index contributed by atoms with van der Waals surface area (Å²) in [5.41, 5.74) is 0.404. The molecule has 2 aliphatic rings. The van der Waals surface area contributed by atoms with Crippen LogP contribution in [0, 0.1) is 0 Å².